The van der Waals surface area contributed by atoms with Crippen LogP contribution < -0.4 is 0 Å². The Hall–Kier alpha value is -0.640. The van der Waals surface area contributed by atoms with Gasteiger partial charge >= 0.3 is 0 Å². The van der Waals surface area contributed by atoms with E-state index in [1.54, 1.807) is 13.8 Å². The zero-order valence-corrected chi connectivity index (χ0v) is 37.0. The van der Waals surface area contributed by atoms with Crippen molar-refractivity contribution in [3.05, 3.63) is 0 Å². The molecule has 5 saturated carbocycles. The van der Waals surface area contributed by atoms with E-state index in [2.05, 4.69) is 34.6 Å². The van der Waals surface area contributed by atoms with Crippen LogP contribution in [0.5, 0.6) is 0 Å². The average Bonchev–Trinajstić information content (AvgIpc) is 3.55. The Bertz CT molecular complexity index is 1630. The summed E-state index contributed by atoms with van der Waals surface area (Å²) in [4.78, 5) is 0. The van der Waals surface area contributed by atoms with E-state index in [4.69, 9.17) is 33.2 Å². The van der Waals surface area contributed by atoms with Crippen LogP contribution >= 0.6 is 0 Å². The van der Waals surface area contributed by atoms with Crippen LogP contribution in [0.15, 0.2) is 0 Å². The lowest BCUT2D eigenvalue weighted by Gasteiger charge is -2.65. The molecule has 9 rings (SSSR count). The molecule has 16 nitrogen and oxygen atoms in total. The van der Waals surface area contributed by atoms with Gasteiger partial charge in [0.15, 0.2) is 18.9 Å². The minimum Gasteiger partial charge on any atom is -0.393 e. The summed E-state index contributed by atoms with van der Waals surface area (Å²) in [6.45, 7) is 14.5. The molecule has 9 aliphatic rings. The van der Waals surface area contributed by atoms with Crippen molar-refractivity contribution < 1.29 is 79.1 Å². The summed E-state index contributed by atoms with van der Waals surface area (Å²) in [7, 11) is 0. The van der Waals surface area contributed by atoms with Crippen molar-refractivity contribution in [2.75, 3.05) is 19.8 Å². The first kappa shape index (κ1) is 45.5. The van der Waals surface area contributed by atoms with E-state index in [-0.39, 0.29) is 71.8 Å². The Morgan fingerprint density at radius 2 is 1.23 bits per heavy atom. The largest absolute Gasteiger partial charge is 0.393 e. The summed E-state index contributed by atoms with van der Waals surface area (Å²) in [5.41, 5.74) is -3.09. The monoisotopic (exact) mass is 870 g/mol. The Labute approximate surface area is 359 Å². The van der Waals surface area contributed by atoms with Crippen LogP contribution in [-0.2, 0) is 33.2 Å². The maximum Gasteiger partial charge on any atom is 0.186 e. The standard InChI is InChI=1S/C45H74O16/c1-39(2)27(59-38-33(21(46)10-15-55-38)60-37-32(53)30(51)24(49)19-57-37)9-12-45-20-44(45)14-13-41(5)34(43(7)11-8-28(61-43)40(3,4)54)22(47)17-42(41,6)26(44)16-25(35(39)45)58-36-31(52)29(50)23(48)18-56-36/h21-38,46-54H,8-20H2,1-7H3/t21-,22+,23-,24+,25+,26+,27+,28-,29+,30+,31-,32-,33+,34+,35+,36+,37+,38+,41-,42+,43+,44-,45-/m1/s1. The van der Waals surface area contributed by atoms with Gasteiger partial charge in [-0.25, -0.2) is 0 Å². The SMILES string of the molecule is CC(C)(O)[C@H]1CC[C@@](C)([C@H]2[C@@H](O)C[C@@]3(C)[C@@H]4C[C@H](O[C@@H]5OC[C@@H](O)[C@H](O)[C@H]5O)[C@H]5C(C)(C)[C@@H](O[C@@H]6OCC[C@@H](O)[C@@H]6O[C@@H]6OC[C@H](O)[C@H](O)[C@H]6O)CC[C@@]56C[C@]46CC[C@]23C)O1. The molecule has 0 bridgehead atoms. The second kappa shape index (κ2) is 15.2. The molecule has 4 heterocycles. The molecule has 2 spiro atoms. The topological polar surface area (TPSA) is 247 Å². The van der Waals surface area contributed by atoms with E-state index < -0.39 is 103 Å². The third-order valence-corrected chi connectivity index (χ3v) is 18.9. The minimum atomic E-state index is -1.56. The molecule has 0 aromatic carbocycles. The summed E-state index contributed by atoms with van der Waals surface area (Å²) in [6.07, 6.45) is -8.81. The van der Waals surface area contributed by atoms with Crippen molar-refractivity contribution in [2.45, 2.75) is 216 Å². The molecule has 61 heavy (non-hydrogen) atoms. The Morgan fingerprint density at radius 3 is 1.85 bits per heavy atom. The van der Waals surface area contributed by atoms with Gasteiger partial charge in [0, 0.05) is 5.92 Å². The number of hydrogen-bond donors (Lipinski definition) is 9. The van der Waals surface area contributed by atoms with Crippen molar-refractivity contribution in [3.63, 3.8) is 0 Å². The molecule has 23 atom stereocenters. The normalized spacial score (nSPS) is 58.0. The van der Waals surface area contributed by atoms with E-state index >= 15 is 0 Å². The van der Waals surface area contributed by atoms with Gasteiger partial charge in [-0.3, -0.25) is 0 Å². The Morgan fingerprint density at radius 1 is 0.590 bits per heavy atom. The number of aliphatic hydroxyl groups is 9. The van der Waals surface area contributed by atoms with Gasteiger partial charge in [-0.2, -0.15) is 0 Å². The third kappa shape index (κ3) is 6.73. The lowest BCUT2D eigenvalue weighted by atomic mass is 9.41. The summed E-state index contributed by atoms with van der Waals surface area (Å²) in [5.74, 6) is -0.151. The maximum absolute atomic E-state index is 12.3. The third-order valence-electron chi connectivity index (χ3n) is 18.9. The van der Waals surface area contributed by atoms with Crippen molar-refractivity contribution in [2.24, 2.45) is 44.8 Å². The van der Waals surface area contributed by atoms with Crippen LogP contribution in [0.3, 0.4) is 0 Å². The zero-order valence-electron chi connectivity index (χ0n) is 37.0. The quantitative estimate of drug-likeness (QED) is 0.154. The van der Waals surface area contributed by atoms with Crippen molar-refractivity contribution >= 4 is 0 Å². The summed E-state index contributed by atoms with van der Waals surface area (Å²) in [5, 5.41) is 97.9. The Balaban J connectivity index is 1.03. The fourth-order valence-electron chi connectivity index (χ4n) is 15.8. The molecule has 4 saturated heterocycles. The van der Waals surface area contributed by atoms with E-state index in [9.17, 15) is 46.0 Å². The number of rotatable bonds is 8. The molecule has 0 unspecified atom stereocenters. The van der Waals surface area contributed by atoms with Gasteiger partial charge < -0.3 is 79.1 Å². The molecule has 0 aromatic heterocycles. The van der Waals surface area contributed by atoms with Gasteiger partial charge in [-0.1, -0.05) is 27.7 Å². The maximum atomic E-state index is 12.3. The Kier molecular flexibility index (Phi) is 11.3. The first-order valence-corrected chi connectivity index (χ1v) is 23.1. The molecular weight excluding hydrogens is 796 g/mol. The molecule has 0 radical (unpaired) electrons. The smallest absolute Gasteiger partial charge is 0.186 e. The van der Waals surface area contributed by atoms with Gasteiger partial charge in [0.05, 0.1) is 61.5 Å². The molecule has 350 valence electrons. The summed E-state index contributed by atoms with van der Waals surface area (Å²) >= 11 is 0. The molecule has 16 heteroatoms. The fourth-order valence-corrected chi connectivity index (χ4v) is 15.8. The highest BCUT2D eigenvalue weighted by Gasteiger charge is 2.85. The van der Waals surface area contributed by atoms with E-state index in [1.165, 1.54) is 0 Å². The van der Waals surface area contributed by atoms with E-state index in [0.29, 0.717) is 25.7 Å². The second-order valence-corrected chi connectivity index (χ2v) is 22.8. The molecule has 0 aromatic rings. The number of fused-ring (bicyclic) bond motifs is 2. The molecule has 5 aliphatic carbocycles. The van der Waals surface area contributed by atoms with Crippen molar-refractivity contribution in [1.82, 2.24) is 0 Å². The predicted octanol–water partition coefficient (Wildman–Crippen LogP) is 0.856. The molecule has 9 fully saturated rings. The van der Waals surface area contributed by atoms with Crippen LogP contribution in [0.25, 0.3) is 0 Å². The molecular formula is C45H74O16. The highest BCUT2D eigenvalue weighted by molar-refractivity contribution is 5.33. The lowest BCUT2D eigenvalue weighted by molar-refractivity contribution is -0.349. The van der Waals surface area contributed by atoms with Crippen molar-refractivity contribution in [1.29, 1.82) is 0 Å². The first-order chi connectivity index (χ1) is 28.4. The van der Waals surface area contributed by atoms with Crippen LogP contribution in [0.1, 0.15) is 113 Å². The van der Waals surface area contributed by atoms with Gasteiger partial charge in [0.25, 0.3) is 0 Å². The summed E-state index contributed by atoms with van der Waals surface area (Å²) < 4.78 is 44.4. The number of ether oxygens (including phenoxy) is 7. The van der Waals surface area contributed by atoms with Crippen LogP contribution in [-0.4, -0.2) is 169 Å². The zero-order chi connectivity index (χ0) is 44.0. The van der Waals surface area contributed by atoms with Gasteiger partial charge in [0.1, 0.15) is 42.7 Å². The second-order valence-electron chi connectivity index (χ2n) is 22.8. The van der Waals surface area contributed by atoms with E-state index in [0.717, 1.165) is 32.1 Å². The average molecular weight is 871 g/mol. The lowest BCUT2D eigenvalue weighted by Crippen LogP contribution is -2.64. The number of hydrogen-bond acceptors (Lipinski definition) is 16. The van der Waals surface area contributed by atoms with Gasteiger partial charge in [-0.05, 0) is 124 Å². The minimum absolute atomic E-state index is 0.0551. The van der Waals surface area contributed by atoms with Crippen LogP contribution in [0.2, 0.25) is 0 Å². The summed E-state index contributed by atoms with van der Waals surface area (Å²) in [6, 6.07) is 0. The van der Waals surface area contributed by atoms with E-state index in [1.807, 2.05) is 0 Å². The fraction of sp³-hybridized carbons (Fsp3) is 1.00. The predicted molar refractivity (Wildman–Crippen MR) is 213 cm³/mol. The number of aliphatic hydroxyl groups excluding tert-OH is 8. The van der Waals surface area contributed by atoms with Crippen LogP contribution in [0, 0.1) is 44.8 Å². The molecule has 9 N–H and O–H groups in total. The molecule has 0 amide bonds. The van der Waals surface area contributed by atoms with Crippen LogP contribution in [0.4, 0.5) is 0 Å². The molecule has 4 aliphatic heterocycles. The van der Waals surface area contributed by atoms with Gasteiger partial charge in [-0.15, -0.1) is 0 Å². The first-order valence-electron chi connectivity index (χ1n) is 23.1. The van der Waals surface area contributed by atoms with Gasteiger partial charge in [0.2, 0.25) is 0 Å². The highest BCUT2D eigenvalue weighted by atomic mass is 16.7. The van der Waals surface area contributed by atoms with Crippen molar-refractivity contribution in [3.8, 4) is 0 Å². The highest BCUT2D eigenvalue weighted by Crippen LogP contribution is 2.89.